The number of carbonyl (C=O) groups is 1. The average molecular weight is 515 g/mol. The molecule has 0 fully saturated rings. The zero-order chi connectivity index (χ0) is 25.6. The number of carbonyl (C=O) groups excluding carboxylic acids is 1. The average Bonchev–Trinajstić information content (AvgIpc) is 2.85. The lowest BCUT2D eigenvalue weighted by atomic mass is 10.0. The molecule has 0 saturated carbocycles. The van der Waals surface area contributed by atoms with E-state index in [-0.39, 0.29) is 15.6 Å². The Balaban J connectivity index is 1.90. The van der Waals surface area contributed by atoms with Crippen LogP contribution in [0.4, 0.5) is 5.69 Å². The minimum atomic E-state index is -4.04. The molecule has 0 aliphatic carbocycles. The van der Waals surface area contributed by atoms with Gasteiger partial charge in [-0.15, -0.1) is 0 Å². The number of anilines is 1. The highest BCUT2D eigenvalue weighted by Gasteiger charge is 2.28. The van der Waals surface area contributed by atoms with Crippen molar-refractivity contribution in [1.82, 2.24) is 5.32 Å². The molecule has 0 bridgehead atoms. The highest BCUT2D eigenvalue weighted by molar-refractivity contribution is 7.92. The molecule has 0 saturated heterocycles. The Morgan fingerprint density at radius 1 is 0.971 bits per heavy atom. The maximum Gasteiger partial charge on any atom is 0.264 e. The van der Waals surface area contributed by atoms with Crippen LogP contribution in [0.15, 0.2) is 65.6 Å². The first-order chi connectivity index (χ1) is 16.7. The smallest absolute Gasteiger partial charge is 0.264 e. The Bertz CT molecular complexity index is 1290. The molecule has 0 aliphatic heterocycles. The third kappa shape index (κ3) is 6.35. The van der Waals surface area contributed by atoms with E-state index in [1.165, 1.54) is 30.9 Å². The molecule has 0 spiro atoms. The third-order valence-corrected chi connectivity index (χ3v) is 7.94. The standard InChI is InChI=1S/C27H31ClN2O4S/c1-5-20-9-10-21(6-2)22(15-20)17-29-27(31)18-30(23-11-14-26(34-4)25(28)16-23)35(32,33)24-12-7-19(3)8-13-24/h7-16H,5-6,17-18H2,1-4H3,(H,29,31). The lowest BCUT2D eigenvalue weighted by Crippen LogP contribution is -2.40. The molecule has 6 nitrogen and oxygen atoms in total. The van der Waals surface area contributed by atoms with Crippen LogP contribution in [0.3, 0.4) is 0 Å². The van der Waals surface area contributed by atoms with Gasteiger partial charge in [0.2, 0.25) is 5.91 Å². The van der Waals surface area contributed by atoms with Crippen molar-refractivity contribution in [1.29, 1.82) is 0 Å². The van der Waals surface area contributed by atoms with Crippen LogP contribution in [0.1, 0.15) is 36.1 Å². The SMILES string of the molecule is CCc1ccc(CC)c(CNC(=O)CN(c2ccc(OC)c(Cl)c2)S(=O)(=O)c2ccc(C)cc2)c1. The van der Waals surface area contributed by atoms with Gasteiger partial charge in [-0.25, -0.2) is 8.42 Å². The van der Waals surface area contributed by atoms with Gasteiger partial charge >= 0.3 is 0 Å². The summed E-state index contributed by atoms with van der Waals surface area (Å²) in [7, 11) is -2.56. The molecule has 0 aromatic heterocycles. The maximum atomic E-state index is 13.6. The number of rotatable bonds is 10. The Morgan fingerprint density at radius 3 is 2.29 bits per heavy atom. The summed E-state index contributed by atoms with van der Waals surface area (Å²) in [6, 6.07) is 17.4. The van der Waals surface area contributed by atoms with Crippen LogP contribution in [-0.2, 0) is 34.2 Å². The van der Waals surface area contributed by atoms with Gasteiger partial charge in [0.1, 0.15) is 12.3 Å². The van der Waals surface area contributed by atoms with Crippen LogP contribution in [0.2, 0.25) is 5.02 Å². The Labute approximate surface area is 212 Å². The van der Waals surface area contributed by atoms with Gasteiger partial charge < -0.3 is 10.1 Å². The third-order valence-electron chi connectivity index (χ3n) is 5.86. The number of methoxy groups -OCH3 is 1. The molecule has 0 unspecified atom stereocenters. The molecule has 0 radical (unpaired) electrons. The minimum Gasteiger partial charge on any atom is -0.495 e. The maximum absolute atomic E-state index is 13.6. The molecule has 8 heteroatoms. The summed E-state index contributed by atoms with van der Waals surface area (Å²) in [5.74, 6) is -0.00738. The van der Waals surface area contributed by atoms with Crippen molar-refractivity contribution in [3.63, 3.8) is 0 Å². The second-order valence-corrected chi connectivity index (χ2v) is 10.5. The number of aryl methyl sites for hydroxylation is 3. The molecular formula is C27H31ClN2O4S. The van der Waals surface area contributed by atoms with Gasteiger partial charge in [0, 0.05) is 6.54 Å². The second kappa shape index (κ2) is 11.6. The van der Waals surface area contributed by atoms with Crippen molar-refractivity contribution in [3.05, 3.63) is 87.9 Å². The molecule has 0 aliphatic rings. The van der Waals surface area contributed by atoms with Crippen LogP contribution in [-0.4, -0.2) is 28.0 Å². The second-order valence-electron chi connectivity index (χ2n) is 8.23. The molecule has 1 amide bonds. The molecule has 3 rings (SSSR count). The molecule has 1 N–H and O–H groups in total. The predicted molar refractivity (Wildman–Crippen MR) is 141 cm³/mol. The van der Waals surface area contributed by atoms with Gasteiger partial charge in [0.05, 0.1) is 22.7 Å². The van der Waals surface area contributed by atoms with Crippen molar-refractivity contribution < 1.29 is 17.9 Å². The van der Waals surface area contributed by atoms with Crippen molar-refractivity contribution in [2.24, 2.45) is 0 Å². The molecule has 3 aromatic carbocycles. The van der Waals surface area contributed by atoms with Crippen molar-refractivity contribution in [2.75, 3.05) is 18.0 Å². The van der Waals surface area contributed by atoms with E-state index in [2.05, 4.69) is 37.4 Å². The van der Waals surface area contributed by atoms with Gasteiger partial charge in [-0.1, -0.05) is 61.3 Å². The molecule has 0 heterocycles. The zero-order valence-electron chi connectivity index (χ0n) is 20.5. The van der Waals surface area contributed by atoms with Gasteiger partial charge in [-0.2, -0.15) is 0 Å². The number of halogens is 1. The summed E-state index contributed by atoms with van der Waals surface area (Å²) in [6.45, 7) is 5.95. The van der Waals surface area contributed by atoms with Crippen LogP contribution in [0, 0.1) is 6.92 Å². The topological polar surface area (TPSA) is 75.7 Å². The first kappa shape index (κ1) is 26.6. The summed E-state index contributed by atoms with van der Waals surface area (Å²) in [5, 5.41) is 3.14. The zero-order valence-corrected chi connectivity index (χ0v) is 22.0. The number of hydrogen-bond donors (Lipinski definition) is 1. The van der Waals surface area contributed by atoms with Crippen LogP contribution in [0.5, 0.6) is 5.75 Å². The number of hydrogen-bond acceptors (Lipinski definition) is 4. The highest BCUT2D eigenvalue weighted by Crippen LogP contribution is 2.32. The lowest BCUT2D eigenvalue weighted by molar-refractivity contribution is -0.119. The van der Waals surface area contributed by atoms with E-state index in [0.29, 0.717) is 12.3 Å². The summed E-state index contributed by atoms with van der Waals surface area (Å²) < 4.78 is 33.4. The fourth-order valence-corrected chi connectivity index (χ4v) is 5.42. The number of ether oxygens (including phenoxy) is 1. The quantitative estimate of drug-likeness (QED) is 0.398. The van der Waals surface area contributed by atoms with Crippen LogP contribution in [0.25, 0.3) is 0 Å². The van der Waals surface area contributed by atoms with Gasteiger partial charge in [-0.05, 0) is 66.8 Å². The van der Waals surface area contributed by atoms with Gasteiger partial charge in [0.15, 0.2) is 0 Å². The Kier molecular flexibility index (Phi) is 8.81. The fraction of sp³-hybridized carbons (Fsp3) is 0.296. The largest absolute Gasteiger partial charge is 0.495 e. The number of nitrogens with one attached hydrogen (secondary N) is 1. The summed E-state index contributed by atoms with van der Waals surface area (Å²) in [5.41, 5.74) is 4.56. The van der Waals surface area contributed by atoms with E-state index in [0.717, 1.165) is 33.8 Å². The predicted octanol–water partition coefficient (Wildman–Crippen LogP) is 5.29. The van der Waals surface area contributed by atoms with E-state index in [1.54, 1.807) is 24.3 Å². The summed E-state index contributed by atoms with van der Waals surface area (Å²) in [6.07, 6.45) is 1.74. The fourth-order valence-electron chi connectivity index (χ4n) is 3.75. The molecule has 186 valence electrons. The molecule has 3 aromatic rings. The van der Waals surface area contributed by atoms with Crippen LogP contribution >= 0.6 is 11.6 Å². The normalized spacial score (nSPS) is 11.2. The lowest BCUT2D eigenvalue weighted by Gasteiger charge is -2.25. The van der Waals surface area contributed by atoms with Crippen molar-refractivity contribution in [2.45, 2.75) is 45.1 Å². The van der Waals surface area contributed by atoms with E-state index in [4.69, 9.17) is 16.3 Å². The summed E-state index contributed by atoms with van der Waals surface area (Å²) in [4.78, 5) is 13.1. The van der Waals surface area contributed by atoms with Gasteiger partial charge in [0.25, 0.3) is 10.0 Å². The number of nitrogens with zero attached hydrogens (tertiary/aromatic N) is 1. The number of sulfonamides is 1. The molecular weight excluding hydrogens is 484 g/mol. The van der Waals surface area contributed by atoms with E-state index >= 15 is 0 Å². The van der Waals surface area contributed by atoms with E-state index in [9.17, 15) is 13.2 Å². The van der Waals surface area contributed by atoms with Crippen molar-refractivity contribution in [3.8, 4) is 5.75 Å². The Hall–Kier alpha value is -3.03. The molecule has 0 atom stereocenters. The monoisotopic (exact) mass is 514 g/mol. The Morgan fingerprint density at radius 2 is 1.69 bits per heavy atom. The van der Waals surface area contributed by atoms with Gasteiger partial charge in [-0.3, -0.25) is 9.10 Å². The molecule has 35 heavy (non-hydrogen) atoms. The van der Waals surface area contributed by atoms with Crippen LogP contribution < -0.4 is 14.4 Å². The van der Waals surface area contributed by atoms with E-state index < -0.39 is 22.5 Å². The highest BCUT2D eigenvalue weighted by atomic mass is 35.5. The number of amides is 1. The minimum absolute atomic E-state index is 0.0896. The summed E-state index contributed by atoms with van der Waals surface area (Å²) >= 11 is 6.28. The first-order valence-electron chi connectivity index (χ1n) is 11.5. The van der Waals surface area contributed by atoms with Crippen molar-refractivity contribution >= 4 is 33.2 Å². The first-order valence-corrected chi connectivity index (χ1v) is 13.3. The van der Waals surface area contributed by atoms with E-state index in [1.807, 2.05) is 6.92 Å². The number of benzene rings is 3.